The summed E-state index contributed by atoms with van der Waals surface area (Å²) in [5.41, 5.74) is 3.84. The van der Waals surface area contributed by atoms with E-state index in [9.17, 15) is 4.79 Å². The lowest BCUT2D eigenvalue weighted by Gasteiger charge is -2.33. The zero-order chi connectivity index (χ0) is 23.9. The first-order chi connectivity index (χ1) is 16.6. The van der Waals surface area contributed by atoms with Crippen LogP contribution >= 0.6 is 11.3 Å². The predicted octanol–water partition coefficient (Wildman–Crippen LogP) is 6.90. The van der Waals surface area contributed by atoms with Crippen LogP contribution in [0, 0.1) is 6.92 Å². The van der Waals surface area contributed by atoms with Crippen LogP contribution < -0.4 is 14.8 Å². The zero-order valence-electron chi connectivity index (χ0n) is 19.5. The summed E-state index contributed by atoms with van der Waals surface area (Å²) in [6.45, 7) is 2.55. The van der Waals surface area contributed by atoms with Crippen molar-refractivity contribution in [2.24, 2.45) is 0 Å². The van der Waals surface area contributed by atoms with E-state index >= 15 is 0 Å². The van der Waals surface area contributed by atoms with Gasteiger partial charge in [-0.2, -0.15) is 0 Å². The smallest absolute Gasteiger partial charge is 0.323 e. The van der Waals surface area contributed by atoms with Crippen molar-refractivity contribution in [3.63, 3.8) is 0 Å². The lowest BCUT2D eigenvalue weighted by Crippen LogP contribution is -2.38. The Morgan fingerprint density at radius 3 is 2.09 bits per heavy atom. The quantitative estimate of drug-likeness (QED) is 0.304. The summed E-state index contributed by atoms with van der Waals surface area (Å²) in [7, 11) is 3.18. The topological polar surface area (TPSA) is 50.8 Å². The van der Waals surface area contributed by atoms with Gasteiger partial charge in [-0.25, -0.2) is 4.79 Å². The highest BCUT2D eigenvalue weighted by Gasteiger charge is 2.28. The Morgan fingerprint density at radius 2 is 1.56 bits per heavy atom. The molecule has 174 valence electrons. The minimum atomic E-state index is -0.270. The Balaban J connectivity index is 1.76. The third-order valence-corrected chi connectivity index (χ3v) is 6.74. The third kappa shape index (κ3) is 5.24. The van der Waals surface area contributed by atoms with Gasteiger partial charge in [-0.15, -0.1) is 11.3 Å². The van der Waals surface area contributed by atoms with Gasteiger partial charge in [-0.3, -0.25) is 0 Å². The summed E-state index contributed by atoms with van der Waals surface area (Å²) < 4.78 is 10.8. The molecule has 0 radical (unpaired) electrons. The fraction of sp³-hybridized carbons (Fsp3) is 0.179. The van der Waals surface area contributed by atoms with Crippen molar-refractivity contribution < 1.29 is 14.3 Å². The molecule has 1 heterocycles. The number of thiophene rings is 1. The Morgan fingerprint density at radius 1 is 0.912 bits per heavy atom. The molecule has 4 aromatic rings. The van der Waals surface area contributed by atoms with E-state index in [1.807, 2.05) is 41.3 Å². The summed E-state index contributed by atoms with van der Waals surface area (Å²) >= 11 is 1.66. The number of carbonyl (C=O) groups is 1. The van der Waals surface area contributed by atoms with Crippen LogP contribution in [0.1, 0.15) is 27.6 Å². The lowest BCUT2D eigenvalue weighted by molar-refractivity contribution is 0.195. The van der Waals surface area contributed by atoms with Gasteiger partial charge in [0, 0.05) is 10.9 Å². The third-order valence-electron chi connectivity index (χ3n) is 5.74. The molecule has 0 aliphatic carbocycles. The molecule has 0 fully saturated rings. The van der Waals surface area contributed by atoms with Gasteiger partial charge >= 0.3 is 6.03 Å². The van der Waals surface area contributed by atoms with E-state index in [-0.39, 0.29) is 12.1 Å². The van der Waals surface area contributed by atoms with Crippen molar-refractivity contribution in [1.82, 2.24) is 4.90 Å². The summed E-state index contributed by atoms with van der Waals surface area (Å²) in [5.74, 6) is 1.20. The molecule has 34 heavy (non-hydrogen) atoms. The van der Waals surface area contributed by atoms with Crippen molar-refractivity contribution in [2.45, 2.75) is 19.5 Å². The summed E-state index contributed by atoms with van der Waals surface area (Å²) in [6, 6.07) is 27.2. The van der Waals surface area contributed by atoms with E-state index in [1.165, 1.54) is 5.56 Å². The average molecular weight is 473 g/mol. The molecular weight excluding hydrogens is 444 g/mol. The Hall–Kier alpha value is -3.77. The Bertz CT molecular complexity index is 1190. The molecule has 1 N–H and O–H groups in total. The number of benzene rings is 3. The summed E-state index contributed by atoms with van der Waals surface area (Å²) in [5, 5.41) is 5.14. The van der Waals surface area contributed by atoms with Crippen LogP contribution in [0.3, 0.4) is 0 Å². The monoisotopic (exact) mass is 472 g/mol. The molecule has 0 aliphatic heterocycles. The van der Waals surface area contributed by atoms with Gasteiger partial charge in [0.2, 0.25) is 0 Å². The van der Waals surface area contributed by atoms with Crippen LogP contribution in [-0.2, 0) is 6.54 Å². The molecule has 0 saturated heterocycles. The van der Waals surface area contributed by atoms with Crippen molar-refractivity contribution in [2.75, 3.05) is 19.5 Å². The average Bonchev–Trinajstić information content (AvgIpc) is 3.29. The highest BCUT2D eigenvalue weighted by molar-refractivity contribution is 7.10. The number of aryl methyl sites for hydroxylation is 1. The van der Waals surface area contributed by atoms with E-state index in [4.69, 9.17) is 9.47 Å². The second-order valence-corrected chi connectivity index (χ2v) is 8.88. The van der Waals surface area contributed by atoms with Crippen molar-refractivity contribution in [1.29, 1.82) is 0 Å². The maximum atomic E-state index is 13.9. The Kier molecular flexibility index (Phi) is 7.50. The molecule has 4 rings (SSSR count). The number of methoxy groups -OCH3 is 2. The van der Waals surface area contributed by atoms with E-state index in [2.05, 4.69) is 48.0 Å². The van der Waals surface area contributed by atoms with Crippen LogP contribution in [-0.4, -0.2) is 25.2 Å². The molecule has 5 nitrogen and oxygen atoms in total. The maximum absolute atomic E-state index is 13.9. The van der Waals surface area contributed by atoms with E-state index in [0.717, 1.165) is 16.0 Å². The minimum Gasteiger partial charge on any atom is -0.497 e. The highest BCUT2D eigenvalue weighted by Crippen LogP contribution is 2.34. The largest absolute Gasteiger partial charge is 0.497 e. The van der Waals surface area contributed by atoms with Crippen molar-refractivity contribution in [3.8, 4) is 11.5 Å². The number of carbonyl (C=O) groups excluding carboxylic acids is 1. The maximum Gasteiger partial charge on any atom is 0.323 e. The number of nitrogens with one attached hydrogen (secondary N) is 1. The number of ether oxygens (including phenoxy) is 2. The molecule has 2 amide bonds. The van der Waals surface area contributed by atoms with Gasteiger partial charge in [0.25, 0.3) is 0 Å². The fourth-order valence-electron chi connectivity index (χ4n) is 3.91. The first-order valence-electron chi connectivity index (χ1n) is 11.0. The summed E-state index contributed by atoms with van der Waals surface area (Å²) in [4.78, 5) is 16.9. The van der Waals surface area contributed by atoms with Gasteiger partial charge in [0.05, 0.1) is 32.5 Å². The molecular formula is C28H28N2O3S. The number of anilines is 1. The number of amides is 2. The second-order valence-electron chi connectivity index (χ2n) is 7.87. The van der Waals surface area contributed by atoms with Crippen molar-refractivity contribution in [3.05, 3.63) is 112 Å². The van der Waals surface area contributed by atoms with Crippen LogP contribution in [0.15, 0.2) is 90.3 Å². The number of hydrogen-bond acceptors (Lipinski definition) is 4. The molecule has 0 atom stereocenters. The molecule has 0 unspecified atom stereocenters. The number of nitrogens with zero attached hydrogens (tertiary/aromatic N) is 1. The van der Waals surface area contributed by atoms with E-state index in [0.29, 0.717) is 23.7 Å². The van der Waals surface area contributed by atoms with Gasteiger partial charge in [0.15, 0.2) is 0 Å². The first kappa shape index (κ1) is 23.4. The Labute approximate surface area is 204 Å². The summed E-state index contributed by atoms with van der Waals surface area (Å²) in [6.07, 6.45) is 0. The van der Waals surface area contributed by atoms with Crippen molar-refractivity contribution >= 4 is 23.1 Å². The standard InChI is InChI=1S/C28H28N2O3S/c1-20-16-17-34-26(20)19-30(28(31)29-24-15-14-23(32-2)18-25(24)33-3)27(21-10-6-4-7-11-21)22-12-8-5-9-13-22/h4-18,27H,19H2,1-3H3,(H,29,31). The molecule has 6 heteroatoms. The molecule has 0 saturated carbocycles. The number of hydrogen-bond donors (Lipinski definition) is 1. The molecule has 0 spiro atoms. The van der Waals surface area contributed by atoms with Crippen LogP contribution in [0.4, 0.5) is 10.5 Å². The van der Waals surface area contributed by atoms with Crippen LogP contribution in [0.25, 0.3) is 0 Å². The molecule has 0 bridgehead atoms. The number of urea groups is 1. The van der Waals surface area contributed by atoms with Gasteiger partial charge in [-0.05, 0) is 47.2 Å². The minimum absolute atomic E-state index is 0.214. The van der Waals surface area contributed by atoms with E-state index < -0.39 is 0 Å². The van der Waals surface area contributed by atoms with Gasteiger partial charge in [-0.1, -0.05) is 60.7 Å². The lowest BCUT2D eigenvalue weighted by atomic mass is 9.97. The highest BCUT2D eigenvalue weighted by atomic mass is 32.1. The zero-order valence-corrected chi connectivity index (χ0v) is 20.3. The van der Waals surface area contributed by atoms with Crippen LogP contribution in [0.2, 0.25) is 0 Å². The normalized spacial score (nSPS) is 10.7. The molecule has 3 aromatic carbocycles. The van der Waals surface area contributed by atoms with Gasteiger partial charge < -0.3 is 19.7 Å². The predicted molar refractivity (Wildman–Crippen MR) is 138 cm³/mol. The molecule has 1 aromatic heterocycles. The van der Waals surface area contributed by atoms with Gasteiger partial charge in [0.1, 0.15) is 11.5 Å². The van der Waals surface area contributed by atoms with E-state index in [1.54, 1.807) is 43.8 Å². The number of rotatable bonds is 8. The van der Waals surface area contributed by atoms with Crippen LogP contribution in [0.5, 0.6) is 11.5 Å². The second kappa shape index (κ2) is 10.9. The first-order valence-corrected chi connectivity index (χ1v) is 11.9. The fourth-order valence-corrected chi connectivity index (χ4v) is 4.82. The molecule has 0 aliphatic rings. The SMILES string of the molecule is COc1ccc(NC(=O)N(Cc2sccc2C)C(c2ccccc2)c2ccccc2)c(OC)c1.